The molecule has 0 saturated carbocycles. The van der Waals surface area contributed by atoms with E-state index in [1.165, 1.54) is 25.7 Å². The molecule has 1 aliphatic carbocycles. The smallest absolute Gasteiger partial charge is 0.125 e. The van der Waals surface area contributed by atoms with Crippen LogP contribution in [0.5, 0.6) is 0 Å². The topological polar surface area (TPSA) is 36.3 Å². The Morgan fingerprint density at radius 1 is 1.06 bits per heavy atom. The highest BCUT2D eigenvalue weighted by atomic mass is 35.5. The summed E-state index contributed by atoms with van der Waals surface area (Å²) in [5, 5.41) is 2.32. The van der Waals surface area contributed by atoms with Crippen LogP contribution in [-0.2, 0) is 16.2 Å². The molecule has 0 aliphatic heterocycles. The summed E-state index contributed by atoms with van der Waals surface area (Å²) in [5.74, 6) is 2.35. The van der Waals surface area contributed by atoms with Crippen LogP contribution in [-0.4, -0.2) is 22.8 Å². The highest BCUT2D eigenvalue weighted by molar-refractivity contribution is 7.99. The molecule has 4 nitrogen and oxygen atoms in total. The highest BCUT2D eigenvalue weighted by Crippen LogP contribution is 2.37. The van der Waals surface area contributed by atoms with Crippen LogP contribution >= 0.6 is 35.0 Å². The molecule has 0 fully saturated rings. The van der Waals surface area contributed by atoms with Crippen molar-refractivity contribution >= 4 is 35.0 Å². The van der Waals surface area contributed by atoms with Crippen molar-refractivity contribution in [1.82, 2.24) is 9.55 Å². The Morgan fingerprint density at radius 3 is 2.55 bits per heavy atom. The van der Waals surface area contributed by atoms with Crippen molar-refractivity contribution in [3.05, 3.63) is 51.6 Å². The summed E-state index contributed by atoms with van der Waals surface area (Å²) in [5.41, 5.74) is 1.05. The summed E-state index contributed by atoms with van der Waals surface area (Å²) < 4.78 is 14.0. The molecule has 170 valence electrons. The Morgan fingerprint density at radius 2 is 1.81 bits per heavy atom. The maximum atomic E-state index is 6.20. The monoisotopic (exact) mass is 482 g/mol. The standard InChI is InChI=1S/C24H32Cl2N2O2S/c1-17(2)23-24(31-22-14-19(25)13-20(26)15-22)28(18(3)27-23)16-29-11-12-30-21-9-7-5-4-6-8-10-21/h9,13-15,17H,4-8,10-12,16H2,1-3H3. The van der Waals surface area contributed by atoms with E-state index in [2.05, 4.69) is 24.5 Å². The number of rotatable bonds is 9. The molecule has 0 unspecified atom stereocenters. The molecule has 2 aromatic rings. The Hall–Kier alpha value is -1.14. The molecular weight excluding hydrogens is 451 g/mol. The van der Waals surface area contributed by atoms with E-state index in [-0.39, 0.29) is 0 Å². The van der Waals surface area contributed by atoms with Crippen LogP contribution in [0.3, 0.4) is 0 Å². The van der Waals surface area contributed by atoms with Crippen LogP contribution in [0.1, 0.15) is 69.8 Å². The van der Waals surface area contributed by atoms with Crippen molar-refractivity contribution < 1.29 is 9.47 Å². The summed E-state index contributed by atoms with van der Waals surface area (Å²) >= 11 is 14.0. The fourth-order valence-electron chi connectivity index (χ4n) is 3.58. The normalized spacial score (nSPS) is 15.0. The summed E-state index contributed by atoms with van der Waals surface area (Å²) in [7, 11) is 0. The van der Waals surface area contributed by atoms with E-state index in [9.17, 15) is 0 Å². The zero-order valence-electron chi connectivity index (χ0n) is 18.6. The van der Waals surface area contributed by atoms with Crippen LogP contribution in [0.4, 0.5) is 0 Å². The SMILES string of the molecule is Cc1nc(C(C)C)c(Sc2cc(Cl)cc(Cl)c2)n1COCCOC1=CCCCCCC1. The number of aromatic nitrogens is 2. The van der Waals surface area contributed by atoms with E-state index in [0.717, 1.165) is 40.0 Å². The summed E-state index contributed by atoms with van der Waals surface area (Å²) in [6.07, 6.45) is 9.52. The number of hydrogen-bond donors (Lipinski definition) is 0. The first kappa shape index (κ1) is 24.5. The van der Waals surface area contributed by atoms with E-state index >= 15 is 0 Å². The van der Waals surface area contributed by atoms with Crippen molar-refractivity contribution in [3.63, 3.8) is 0 Å². The lowest BCUT2D eigenvalue weighted by Gasteiger charge is -2.15. The maximum absolute atomic E-state index is 6.20. The molecule has 31 heavy (non-hydrogen) atoms. The molecular formula is C24H32Cl2N2O2S. The van der Waals surface area contributed by atoms with Gasteiger partial charge in [-0.3, -0.25) is 4.57 Å². The molecule has 0 saturated heterocycles. The number of ether oxygens (including phenoxy) is 2. The van der Waals surface area contributed by atoms with E-state index in [1.54, 1.807) is 17.8 Å². The molecule has 0 amide bonds. The van der Waals surface area contributed by atoms with Gasteiger partial charge in [0.15, 0.2) is 0 Å². The minimum atomic E-state index is 0.298. The number of halogens is 2. The second-order valence-electron chi connectivity index (χ2n) is 8.15. The van der Waals surface area contributed by atoms with Gasteiger partial charge < -0.3 is 9.47 Å². The number of hydrogen-bond acceptors (Lipinski definition) is 4. The third-order valence-corrected chi connectivity index (χ3v) is 6.75. The molecule has 0 N–H and O–H groups in total. The average Bonchev–Trinajstić information content (AvgIpc) is 2.98. The van der Waals surface area contributed by atoms with Gasteiger partial charge in [0.05, 0.1) is 18.1 Å². The second-order valence-corrected chi connectivity index (χ2v) is 10.1. The minimum absolute atomic E-state index is 0.298. The molecule has 1 heterocycles. The van der Waals surface area contributed by atoms with Gasteiger partial charge in [0.1, 0.15) is 24.2 Å². The van der Waals surface area contributed by atoms with Gasteiger partial charge in [0, 0.05) is 21.4 Å². The Bertz CT molecular complexity index is 876. The van der Waals surface area contributed by atoms with Crippen molar-refractivity contribution in [2.24, 2.45) is 0 Å². The molecule has 0 bridgehead atoms. The van der Waals surface area contributed by atoms with Crippen LogP contribution in [0.2, 0.25) is 10.0 Å². The van der Waals surface area contributed by atoms with Crippen LogP contribution < -0.4 is 0 Å². The second kappa shape index (κ2) is 12.2. The van der Waals surface area contributed by atoms with Crippen molar-refractivity contribution in [3.8, 4) is 0 Å². The van der Waals surface area contributed by atoms with Crippen molar-refractivity contribution in [1.29, 1.82) is 0 Å². The van der Waals surface area contributed by atoms with E-state index in [1.807, 2.05) is 19.1 Å². The number of benzene rings is 1. The van der Waals surface area contributed by atoms with Gasteiger partial charge in [-0.05, 0) is 56.4 Å². The number of aryl methyl sites for hydroxylation is 1. The first-order chi connectivity index (χ1) is 14.9. The van der Waals surface area contributed by atoms with E-state index in [0.29, 0.717) is 35.9 Å². The lowest BCUT2D eigenvalue weighted by molar-refractivity contribution is 0.0315. The van der Waals surface area contributed by atoms with E-state index in [4.69, 9.17) is 37.7 Å². The minimum Gasteiger partial charge on any atom is -0.496 e. The summed E-state index contributed by atoms with van der Waals surface area (Å²) in [6.45, 7) is 7.86. The molecule has 1 aliphatic rings. The summed E-state index contributed by atoms with van der Waals surface area (Å²) in [6, 6.07) is 5.59. The third kappa shape index (κ3) is 7.45. The quantitative estimate of drug-likeness (QED) is 0.339. The zero-order chi connectivity index (χ0) is 22.2. The van der Waals surface area contributed by atoms with Gasteiger partial charge in [-0.2, -0.15) is 0 Å². The first-order valence-corrected chi connectivity index (χ1v) is 12.6. The van der Waals surface area contributed by atoms with Crippen LogP contribution in [0.15, 0.2) is 40.0 Å². The lowest BCUT2D eigenvalue weighted by atomic mass is 10.1. The highest BCUT2D eigenvalue weighted by Gasteiger charge is 2.19. The Kier molecular flexibility index (Phi) is 9.64. The largest absolute Gasteiger partial charge is 0.496 e. The van der Waals surface area contributed by atoms with Crippen molar-refractivity contribution in [2.45, 2.75) is 81.9 Å². The number of imidazole rings is 1. The van der Waals surface area contributed by atoms with Gasteiger partial charge in [0.25, 0.3) is 0 Å². The van der Waals surface area contributed by atoms with Crippen LogP contribution in [0.25, 0.3) is 0 Å². The van der Waals surface area contributed by atoms with Gasteiger partial charge in [-0.25, -0.2) is 4.98 Å². The molecule has 1 aromatic carbocycles. The Balaban J connectivity index is 1.62. The van der Waals surface area contributed by atoms with Crippen LogP contribution in [0, 0.1) is 6.92 Å². The summed E-state index contributed by atoms with van der Waals surface area (Å²) in [4.78, 5) is 5.78. The maximum Gasteiger partial charge on any atom is 0.125 e. The van der Waals surface area contributed by atoms with Gasteiger partial charge in [0.2, 0.25) is 0 Å². The van der Waals surface area contributed by atoms with Gasteiger partial charge in [-0.1, -0.05) is 61.7 Å². The van der Waals surface area contributed by atoms with Gasteiger partial charge in [-0.15, -0.1) is 0 Å². The molecule has 7 heteroatoms. The zero-order valence-corrected chi connectivity index (χ0v) is 21.0. The molecule has 0 spiro atoms. The van der Waals surface area contributed by atoms with Crippen molar-refractivity contribution in [2.75, 3.05) is 13.2 Å². The molecule has 0 radical (unpaired) electrons. The van der Waals surface area contributed by atoms with E-state index < -0.39 is 0 Å². The lowest BCUT2D eigenvalue weighted by Crippen LogP contribution is -2.10. The molecule has 1 aromatic heterocycles. The number of nitrogens with zero attached hydrogens (tertiary/aromatic N) is 2. The molecule has 3 rings (SSSR count). The Labute approximate surface area is 200 Å². The fraction of sp³-hybridized carbons (Fsp3) is 0.542. The fourth-order valence-corrected chi connectivity index (χ4v) is 5.51. The first-order valence-electron chi connectivity index (χ1n) is 11.0. The third-order valence-electron chi connectivity index (χ3n) is 5.22. The molecule has 0 atom stereocenters. The van der Waals surface area contributed by atoms with Gasteiger partial charge >= 0.3 is 0 Å². The number of allylic oxidation sites excluding steroid dienone is 2. The predicted molar refractivity (Wildman–Crippen MR) is 129 cm³/mol. The predicted octanol–water partition coefficient (Wildman–Crippen LogP) is 8.00. The average molecular weight is 484 g/mol.